The van der Waals surface area contributed by atoms with Crippen LogP contribution in [0.3, 0.4) is 0 Å². The Morgan fingerprint density at radius 1 is 1.00 bits per heavy atom. The Morgan fingerprint density at radius 3 is 1.91 bits per heavy atom. The fourth-order valence-corrected chi connectivity index (χ4v) is 2.97. The molecule has 2 aromatic rings. The fourth-order valence-electron chi connectivity index (χ4n) is 1.71. The summed E-state index contributed by atoms with van der Waals surface area (Å²) in [6.45, 7) is -0.343. The van der Waals surface area contributed by atoms with E-state index in [-0.39, 0.29) is 45.9 Å². The molecule has 0 aliphatic heterocycles. The number of anilines is 2. The predicted molar refractivity (Wildman–Crippen MR) is 76.2 cm³/mol. The van der Waals surface area contributed by atoms with Crippen molar-refractivity contribution in [3.05, 3.63) is 48.5 Å². The summed E-state index contributed by atoms with van der Waals surface area (Å²) in [7, 11) is -3.62. The third-order valence-corrected chi connectivity index (χ3v) is 4.58. The molecule has 0 atom stereocenters. The van der Waals surface area contributed by atoms with Crippen LogP contribution < -0.4 is 45.7 Å². The van der Waals surface area contributed by atoms with Crippen LogP contribution >= 0.6 is 0 Å². The third kappa shape index (κ3) is 4.48. The number of nitrogen functional groups attached to an aromatic ring is 1. The fraction of sp³-hybridized carbons (Fsp3) is 0.0714. The van der Waals surface area contributed by atoms with Crippen molar-refractivity contribution in [1.29, 1.82) is 0 Å². The maximum Gasteiger partial charge on any atom is 1.00 e. The van der Waals surface area contributed by atoms with Crippen LogP contribution in [0.1, 0.15) is 0 Å². The Morgan fingerprint density at radius 2 is 1.45 bits per heavy atom. The van der Waals surface area contributed by atoms with E-state index >= 15 is 0 Å². The van der Waals surface area contributed by atoms with E-state index in [1.807, 2.05) is 0 Å². The van der Waals surface area contributed by atoms with Crippen LogP contribution in [0.2, 0.25) is 0 Å². The quantitative estimate of drug-likeness (QED) is 0.455. The van der Waals surface area contributed by atoms with Crippen LogP contribution in [0.4, 0.5) is 11.4 Å². The number of sulfone groups is 1. The minimum atomic E-state index is -3.62. The number of nitrogens with two attached hydrogens (primary N) is 1. The summed E-state index contributed by atoms with van der Waals surface area (Å²) in [5.41, 5.74) is 6.51. The van der Waals surface area contributed by atoms with E-state index in [0.29, 0.717) is 11.4 Å². The molecule has 2 aromatic carbocycles. The summed E-state index contributed by atoms with van der Waals surface area (Å²) < 4.78 is 24.7. The van der Waals surface area contributed by atoms with E-state index in [1.54, 1.807) is 0 Å². The van der Waals surface area contributed by atoms with Gasteiger partial charge in [0, 0.05) is 11.4 Å². The SMILES string of the molecule is Nc1ccc(S(=O)(=O)c2ccc(NCC(=O)[O-])cc2)cc1.[Na+]. The Bertz CT molecular complexity index is 743. The van der Waals surface area contributed by atoms with Gasteiger partial charge in [-0.25, -0.2) is 8.42 Å². The molecule has 0 spiro atoms. The molecule has 8 heteroatoms. The summed E-state index contributed by atoms with van der Waals surface area (Å²) in [5.74, 6) is -1.24. The Hall–Kier alpha value is -1.54. The van der Waals surface area contributed by atoms with E-state index in [9.17, 15) is 18.3 Å². The smallest absolute Gasteiger partial charge is 0.548 e. The molecule has 0 heterocycles. The van der Waals surface area contributed by atoms with E-state index in [0.717, 1.165) is 0 Å². The van der Waals surface area contributed by atoms with E-state index in [2.05, 4.69) is 5.32 Å². The molecule has 0 fully saturated rings. The van der Waals surface area contributed by atoms with Crippen LogP contribution in [-0.2, 0) is 14.6 Å². The molecule has 0 aliphatic carbocycles. The van der Waals surface area contributed by atoms with Gasteiger partial charge in [0.15, 0.2) is 0 Å². The second kappa shape index (κ2) is 7.64. The maximum absolute atomic E-state index is 12.4. The first-order valence-electron chi connectivity index (χ1n) is 6.04. The first-order valence-corrected chi connectivity index (χ1v) is 7.52. The molecule has 0 amide bonds. The second-order valence-corrected chi connectivity index (χ2v) is 6.27. The Balaban J connectivity index is 0.00000242. The number of hydrogen-bond acceptors (Lipinski definition) is 6. The number of carboxylic acid groups (broad SMARTS) is 1. The van der Waals surface area contributed by atoms with Gasteiger partial charge in [-0.15, -0.1) is 0 Å². The van der Waals surface area contributed by atoms with Crippen molar-refractivity contribution >= 4 is 27.2 Å². The van der Waals surface area contributed by atoms with E-state index < -0.39 is 15.8 Å². The van der Waals surface area contributed by atoms with Crippen molar-refractivity contribution in [1.82, 2.24) is 0 Å². The zero-order chi connectivity index (χ0) is 15.5. The van der Waals surface area contributed by atoms with Crippen molar-refractivity contribution in [2.45, 2.75) is 9.79 Å². The van der Waals surface area contributed by atoms with Gasteiger partial charge in [0.1, 0.15) is 0 Å². The summed E-state index contributed by atoms with van der Waals surface area (Å²) in [5, 5.41) is 12.9. The predicted octanol–water partition coefficient (Wildman–Crippen LogP) is -2.73. The molecule has 0 saturated carbocycles. The molecule has 0 aromatic heterocycles. The molecule has 0 unspecified atom stereocenters. The van der Waals surface area contributed by atoms with E-state index in [1.165, 1.54) is 48.5 Å². The zero-order valence-electron chi connectivity index (χ0n) is 11.9. The van der Waals surface area contributed by atoms with E-state index in [4.69, 9.17) is 5.73 Å². The van der Waals surface area contributed by atoms with Gasteiger partial charge < -0.3 is 21.0 Å². The molecule has 3 N–H and O–H groups in total. The largest absolute Gasteiger partial charge is 1.00 e. The number of benzene rings is 2. The molecular weight excluding hydrogens is 315 g/mol. The molecule has 110 valence electrons. The third-order valence-electron chi connectivity index (χ3n) is 2.79. The van der Waals surface area contributed by atoms with Crippen LogP contribution in [0, 0.1) is 0 Å². The van der Waals surface area contributed by atoms with Crippen molar-refractivity contribution in [2.24, 2.45) is 0 Å². The van der Waals surface area contributed by atoms with Gasteiger partial charge in [-0.1, -0.05) is 0 Å². The monoisotopic (exact) mass is 328 g/mol. The summed E-state index contributed by atoms with van der Waals surface area (Å²) in [6, 6.07) is 11.7. The van der Waals surface area contributed by atoms with Crippen LogP contribution in [-0.4, -0.2) is 20.9 Å². The van der Waals surface area contributed by atoms with Crippen molar-refractivity contribution < 1.29 is 47.9 Å². The van der Waals surface area contributed by atoms with Gasteiger partial charge >= 0.3 is 29.6 Å². The number of nitrogens with one attached hydrogen (secondary N) is 1. The first-order chi connectivity index (χ1) is 9.89. The van der Waals surface area contributed by atoms with Gasteiger partial charge in [0.2, 0.25) is 9.84 Å². The molecule has 0 saturated heterocycles. The molecular formula is C14H13N2NaO4S. The number of carbonyl (C=O) groups is 1. The summed E-state index contributed by atoms with van der Waals surface area (Å²) in [6.07, 6.45) is 0. The number of aliphatic carboxylic acids is 1. The zero-order valence-corrected chi connectivity index (χ0v) is 14.8. The van der Waals surface area contributed by atoms with Crippen LogP contribution in [0.25, 0.3) is 0 Å². The Kier molecular flexibility index (Phi) is 6.43. The topological polar surface area (TPSA) is 112 Å². The van der Waals surface area contributed by atoms with Gasteiger partial charge in [-0.05, 0) is 48.5 Å². The summed E-state index contributed by atoms with van der Waals surface area (Å²) >= 11 is 0. The average molecular weight is 328 g/mol. The van der Waals surface area contributed by atoms with Crippen molar-refractivity contribution in [3.8, 4) is 0 Å². The van der Waals surface area contributed by atoms with Gasteiger partial charge in [0.25, 0.3) is 0 Å². The van der Waals surface area contributed by atoms with Crippen LogP contribution in [0.5, 0.6) is 0 Å². The maximum atomic E-state index is 12.4. The molecule has 0 radical (unpaired) electrons. The molecule has 6 nitrogen and oxygen atoms in total. The van der Waals surface area contributed by atoms with Gasteiger partial charge in [0.05, 0.1) is 22.3 Å². The molecule has 2 rings (SSSR count). The standard InChI is InChI=1S/C14H14N2O4S.Na/c15-10-1-5-12(6-2-10)21(19,20)13-7-3-11(4-8-13)16-9-14(17)18;/h1-8,16H,9,15H2,(H,17,18);/q;+1/p-1. The summed E-state index contributed by atoms with van der Waals surface area (Å²) in [4.78, 5) is 10.6. The van der Waals surface area contributed by atoms with Crippen molar-refractivity contribution in [2.75, 3.05) is 17.6 Å². The number of rotatable bonds is 5. The number of carboxylic acids is 1. The minimum Gasteiger partial charge on any atom is -0.548 e. The molecule has 0 aliphatic rings. The minimum absolute atomic E-state index is 0. The molecule has 0 bridgehead atoms. The van der Waals surface area contributed by atoms with Crippen molar-refractivity contribution in [3.63, 3.8) is 0 Å². The van der Waals surface area contributed by atoms with Gasteiger partial charge in [-0.2, -0.15) is 0 Å². The normalized spacial score (nSPS) is 10.5. The average Bonchev–Trinajstić information content (AvgIpc) is 2.46. The second-order valence-electron chi connectivity index (χ2n) is 4.32. The first kappa shape index (κ1) is 18.5. The number of carbonyl (C=O) groups excluding carboxylic acids is 1. The van der Waals surface area contributed by atoms with Gasteiger partial charge in [-0.3, -0.25) is 0 Å². The molecule has 22 heavy (non-hydrogen) atoms. The number of hydrogen-bond donors (Lipinski definition) is 2. The Labute approximate surface area is 150 Å². The van der Waals surface area contributed by atoms with Crippen LogP contribution in [0.15, 0.2) is 58.3 Å².